The largest absolute Gasteiger partial charge is 0.346 e. The quantitative estimate of drug-likeness (QED) is 0.560. The van der Waals surface area contributed by atoms with Gasteiger partial charge in [0.2, 0.25) is 5.91 Å². The van der Waals surface area contributed by atoms with Crippen LogP contribution in [-0.2, 0) is 11.3 Å². The van der Waals surface area contributed by atoms with Crippen LogP contribution in [0.4, 0.5) is 0 Å². The van der Waals surface area contributed by atoms with Gasteiger partial charge in [-0.25, -0.2) is 4.98 Å². The third-order valence-electron chi connectivity index (χ3n) is 4.17. The zero-order valence-corrected chi connectivity index (χ0v) is 16.1. The van der Waals surface area contributed by atoms with Crippen LogP contribution in [0.15, 0.2) is 58.4 Å². The summed E-state index contributed by atoms with van der Waals surface area (Å²) in [5, 5.41) is 7.35. The number of hydrogen-bond acceptors (Lipinski definition) is 6. The minimum Gasteiger partial charge on any atom is -0.346 e. The zero-order valence-electron chi connectivity index (χ0n) is 14.5. The van der Waals surface area contributed by atoms with Crippen LogP contribution in [0.2, 0.25) is 0 Å². The van der Waals surface area contributed by atoms with Crippen LogP contribution < -0.4 is 10.9 Å². The first-order chi connectivity index (χ1) is 13.1. The summed E-state index contributed by atoms with van der Waals surface area (Å²) in [6, 6.07) is 9.23. The first kappa shape index (κ1) is 17.6. The second-order valence-electron chi connectivity index (χ2n) is 6.03. The van der Waals surface area contributed by atoms with Gasteiger partial charge in [0, 0.05) is 22.0 Å². The maximum Gasteiger partial charge on any atom is 0.263 e. The number of pyridine rings is 1. The average molecular weight is 396 g/mol. The van der Waals surface area contributed by atoms with Crippen molar-refractivity contribution >= 4 is 38.8 Å². The fraction of sp³-hybridized carbons (Fsp3) is 0.158. The van der Waals surface area contributed by atoms with Gasteiger partial charge < -0.3 is 5.32 Å². The van der Waals surface area contributed by atoms with E-state index in [9.17, 15) is 9.59 Å². The lowest BCUT2D eigenvalue weighted by atomic mass is 10.2. The highest BCUT2D eigenvalue weighted by molar-refractivity contribution is 7.18. The molecule has 1 N–H and O–H groups in total. The van der Waals surface area contributed by atoms with Crippen LogP contribution in [0.3, 0.4) is 0 Å². The van der Waals surface area contributed by atoms with Crippen molar-refractivity contribution in [2.45, 2.75) is 19.5 Å². The number of hydrogen-bond donors (Lipinski definition) is 1. The van der Waals surface area contributed by atoms with E-state index in [4.69, 9.17) is 0 Å². The Morgan fingerprint density at radius 1 is 1.22 bits per heavy atom. The Labute approximate surface area is 163 Å². The molecule has 0 aliphatic carbocycles. The molecular formula is C19H16N4O2S2. The summed E-state index contributed by atoms with van der Waals surface area (Å²) < 4.78 is 1.35. The highest BCUT2D eigenvalue weighted by Gasteiger charge is 2.16. The molecule has 0 bridgehead atoms. The van der Waals surface area contributed by atoms with Crippen molar-refractivity contribution < 1.29 is 4.79 Å². The molecule has 6 nitrogen and oxygen atoms in total. The fourth-order valence-corrected chi connectivity index (χ4v) is 4.56. The summed E-state index contributed by atoms with van der Waals surface area (Å²) in [5.41, 5.74) is 1.44. The topological polar surface area (TPSA) is 76.9 Å². The van der Waals surface area contributed by atoms with Crippen molar-refractivity contribution in [3.05, 3.63) is 69.7 Å². The van der Waals surface area contributed by atoms with Gasteiger partial charge in [-0.05, 0) is 30.5 Å². The third-order valence-corrected chi connectivity index (χ3v) is 5.96. The van der Waals surface area contributed by atoms with Crippen LogP contribution in [0.5, 0.6) is 0 Å². The molecule has 1 atom stereocenters. The lowest BCUT2D eigenvalue weighted by molar-refractivity contribution is -0.122. The molecule has 4 rings (SSSR count). The van der Waals surface area contributed by atoms with Gasteiger partial charge in [0.15, 0.2) is 0 Å². The Morgan fingerprint density at radius 2 is 2.11 bits per heavy atom. The number of aromatic nitrogens is 3. The van der Waals surface area contributed by atoms with Crippen LogP contribution in [-0.4, -0.2) is 20.4 Å². The fourth-order valence-electron chi connectivity index (χ4n) is 2.84. The second kappa shape index (κ2) is 7.42. The molecule has 1 amide bonds. The van der Waals surface area contributed by atoms with Crippen LogP contribution in [0.1, 0.15) is 18.7 Å². The van der Waals surface area contributed by atoms with E-state index >= 15 is 0 Å². The minimum absolute atomic E-state index is 0.0846. The van der Waals surface area contributed by atoms with Crippen molar-refractivity contribution in [3.8, 4) is 10.4 Å². The van der Waals surface area contributed by atoms with E-state index in [2.05, 4.69) is 15.3 Å². The Balaban J connectivity index is 1.59. The van der Waals surface area contributed by atoms with Crippen molar-refractivity contribution in [2.24, 2.45) is 0 Å². The minimum atomic E-state index is -0.260. The Bertz CT molecular complexity index is 1130. The highest BCUT2D eigenvalue weighted by Crippen LogP contribution is 2.33. The molecular weight excluding hydrogens is 380 g/mol. The summed E-state index contributed by atoms with van der Waals surface area (Å²) in [6.07, 6.45) is 3.12. The molecule has 0 aliphatic heterocycles. The van der Waals surface area contributed by atoms with Crippen molar-refractivity contribution in [3.63, 3.8) is 0 Å². The summed E-state index contributed by atoms with van der Waals surface area (Å²) in [6.45, 7) is 1.77. The first-order valence-corrected chi connectivity index (χ1v) is 10.1. The molecule has 0 aliphatic rings. The Kier molecular flexibility index (Phi) is 4.83. The summed E-state index contributed by atoms with van der Waals surface area (Å²) in [5.74, 6) is -0.260. The smallest absolute Gasteiger partial charge is 0.263 e. The molecule has 0 unspecified atom stereocenters. The molecule has 0 fully saturated rings. The van der Waals surface area contributed by atoms with E-state index in [0.717, 1.165) is 16.1 Å². The molecule has 136 valence electrons. The monoisotopic (exact) mass is 396 g/mol. The van der Waals surface area contributed by atoms with Gasteiger partial charge in [-0.15, -0.1) is 22.7 Å². The number of nitrogens with one attached hydrogen (secondary N) is 1. The lowest BCUT2D eigenvalue weighted by Crippen LogP contribution is -2.34. The van der Waals surface area contributed by atoms with Gasteiger partial charge in [0.1, 0.15) is 11.4 Å². The van der Waals surface area contributed by atoms with Crippen molar-refractivity contribution in [1.29, 1.82) is 0 Å². The lowest BCUT2D eigenvalue weighted by Gasteiger charge is -2.14. The van der Waals surface area contributed by atoms with E-state index in [1.165, 1.54) is 22.2 Å². The molecule has 4 aromatic rings. The van der Waals surface area contributed by atoms with E-state index in [-0.39, 0.29) is 24.1 Å². The highest BCUT2D eigenvalue weighted by atomic mass is 32.1. The summed E-state index contributed by atoms with van der Waals surface area (Å²) >= 11 is 3.01. The Hall–Kier alpha value is -2.84. The van der Waals surface area contributed by atoms with E-state index < -0.39 is 0 Å². The van der Waals surface area contributed by atoms with Gasteiger partial charge in [-0.3, -0.25) is 19.1 Å². The van der Waals surface area contributed by atoms with Crippen LogP contribution in [0, 0.1) is 0 Å². The molecule has 8 heteroatoms. The van der Waals surface area contributed by atoms with E-state index in [0.29, 0.717) is 10.2 Å². The molecule has 0 radical (unpaired) electrons. The number of rotatable bonds is 5. The molecule has 0 saturated carbocycles. The van der Waals surface area contributed by atoms with Gasteiger partial charge in [-0.2, -0.15) is 0 Å². The number of amides is 1. The van der Waals surface area contributed by atoms with Gasteiger partial charge >= 0.3 is 0 Å². The van der Waals surface area contributed by atoms with Gasteiger partial charge in [0.05, 0.1) is 23.4 Å². The SMILES string of the molecule is C[C@@H](NC(=O)Cn1cnc2scc(-c3cccs3)c2c1=O)c1ccccn1. The molecule has 0 saturated heterocycles. The van der Waals surface area contributed by atoms with Gasteiger partial charge in [0.25, 0.3) is 5.56 Å². The molecule has 0 spiro atoms. The maximum absolute atomic E-state index is 12.9. The van der Waals surface area contributed by atoms with E-state index in [1.807, 2.05) is 48.0 Å². The zero-order chi connectivity index (χ0) is 18.8. The number of carbonyl (C=O) groups excluding carboxylic acids is 1. The maximum atomic E-state index is 12.9. The van der Waals surface area contributed by atoms with Crippen molar-refractivity contribution in [2.75, 3.05) is 0 Å². The molecule has 4 heterocycles. The number of thiophene rings is 2. The molecule has 4 aromatic heterocycles. The van der Waals surface area contributed by atoms with E-state index in [1.54, 1.807) is 17.5 Å². The number of nitrogens with zero attached hydrogens (tertiary/aromatic N) is 3. The normalized spacial score (nSPS) is 12.2. The standard InChI is InChI=1S/C19H16N4O2S2/c1-12(14-5-2-3-7-20-14)22-16(24)9-23-11-21-18-17(19(23)25)13(10-27-18)15-6-4-8-26-15/h2-8,10-12H,9H2,1H3,(H,22,24)/t12-/m1/s1. The predicted octanol–water partition coefficient (Wildman–Crippen LogP) is 3.46. The summed E-state index contributed by atoms with van der Waals surface area (Å²) in [4.78, 5) is 35.6. The first-order valence-electron chi connectivity index (χ1n) is 8.34. The summed E-state index contributed by atoms with van der Waals surface area (Å²) in [7, 11) is 0. The number of carbonyl (C=O) groups is 1. The average Bonchev–Trinajstić information content (AvgIpc) is 3.34. The van der Waals surface area contributed by atoms with Crippen molar-refractivity contribution in [1.82, 2.24) is 19.9 Å². The predicted molar refractivity (Wildman–Crippen MR) is 108 cm³/mol. The molecule has 27 heavy (non-hydrogen) atoms. The third kappa shape index (κ3) is 3.54. The van der Waals surface area contributed by atoms with Gasteiger partial charge in [-0.1, -0.05) is 12.1 Å². The Morgan fingerprint density at radius 3 is 2.85 bits per heavy atom. The van der Waals surface area contributed by atoms with Crippen LogP contribution in [0.25, 0.3) is 20.7 Å². The molecule has 0 aromatic carbocycles. The second-order valence-corrected chi connectivity index (χ2v) is 7.83. The van der Waals surface area contributed by atoms with Crippen LogP contribution >= 0.6 is 22.7 Å². The number of fused-ring (bicyclic) bond motifs is 1.